The number of aryl methyl sites for hydroxylation is 1. The molecule has 1 unspecified atom stereocenters. The highest BCUT2D eigenvalue weighted by Gasteiger charge is 2.43. The highest BCUT2D eigenvalue weighted by molar-refractivity contribution is 7.13. The van der Waals surface area contributed by atoms with Crippen molar-refractivity contribution in [2.75, 3.05) is 37.7 Å². The molecular weight excluding hydrogens is 995 g/mol. The van der Waals surface area contributed by atoms with E-state index in [4.69, 9.17) is 30.4 Å². The molecule has 18 nitrogen and oxygen atoms in total. The maximum atomic E-state index is 14.2. The van der Waals surface area contributed by atoms with Crippen LogP contribution in [0.5, 0.6) is 17.4 Å². The number of anilines is 1. The van der Waals surface area contributed by atoms with E-state index in [0.29, 0.717) is 34.7 Å². The molecule has 2 amide bonds. The number of hydrogen-bond donors (Lipinski definition) is 4. The molecule has 0 spiro atoms. The Kier molecular flexibility index (Phi) is 15.0. The Morgan fingerprint density at radius 2 is 1.79 bits per heavy atom. The molecule has 4 N–H and O–H groups in total. The number of benzene rings is 2. The van der Waals surface area contributed by atoms with E-state index in [2.05, 4.69) is 59.3 Å². The number of para-hydroxylation sites is 1. The number of phenols is 1. The van der Waals surface area contributed by atoms with Crippen LogP contribution >= 0.6 is 11.3 Å². The maximum Gasteiger partial charge on any atom is 0.255 e. The molecule has 77 heavy (non-hydrogen) atoms. The van der Waals surface area contributed by atoms with E-state index in [-0.39, 0.29) is 67.6 Å². The van der Waals surface area contributed by atoms with E-state index < -0.39 is 18.1 Å². The van der Waals surface area contributed by atoms with Crippen molar-refractivity contribution in [1.82, 2.24) is 50.4 Å². The van der Waals surface area contributed by atoms with Crippen LogP contribution in [0.1, 0.15) is 117 Å². The first-order valence-corrected chi connectivity index (χ1v) is 27.8. The van der Waals surface area contributed by atoms with E-state index in [1.807, 2.05) is 69.0 Å². The van der Waals surface area contributed by atoms with Crippen molar-refractivity contribution in [3.05, 3.63) is 106 Å². The minimum Gasteiger partial charge on any atom is -0.507 e. The molecule has 2 saturated heterocycles. The predicted octanol–water partition coefficient (Wildman–Crippen LogP) is 8.26. The smallest absolute Gasteiger partial charge is 0.255 e. The number of piperidine rings is 1. The second-order valence-electron chi connectivity index (χ2n) is 21.3. The Morgan fingerprint density at radius 3 is 2.53 bits per heavy atom. The number of β-amino-alcohol motifs (C(OH)–C–C–N with tert-alkyl or cyclic N) is 1. The van der Waals surface area contributed by atoms with E-state index in [0.717, 1.165) is 115 Å². The van der Waals surface area contributed by atoms with E-state index in [1.54, 1.807) is 29.5 Å². The van der Waals surface area contributed by atoms with Crippen LogP contribution in [0.2, 0.25) is 0 Å². The van der Waals surface area contributed by atoms with Gasteiger partial charge in [0.2, 0.25) is 17.8 Å². The quantitative estimate of drug-likeness (QED) is 0.0710. The number of aliphatic hydroxyl groups is 1. The monoisotopic (exact) mass is 1060 g/mol. The van der Waals surface area contributed by atoms with Gasteiger partial charge in [-0.3, -0.25) is 9.59 Å². The topological polar surface area (TPSA) is 221 Å². The lowest BCUT2D eigenvalue weighted by molar-refractivity contribution is -0.141. The minimum atomic E-state index is -0.882. The van der Waals surface area contributed by atoms with Gasteiger partial charge < -0.3 is 49.2 Å². The number of aromatic hydroxyl groups is 1. The largest absolute Gasteiger partial charge is 0.507 e. The van der Waals surface area contributed by atoms with Gasteiger partial charge in [-0.05, 0) is 118 Å². The van der Waals surface area contributed by atoms with Gasteiger partial charge in [-0.15, -0.1) is 28.0 Å². The van der Waals surface area contributed by atoms with Gasteiger partial charge in [0.05, 0.1) is 40.0 Å². The van der Waals surface area contributed by atoms with Gasteiger partial charge >= 0.3 is 0 Å². The number of nitrogens with zero attached hydrogens (tertiary/aromatic N) is 9. The Hall–Kier alpha value is -7.40. The summed E-state index contributed by atoms with van der Waals surface area (Å²) in [6.07, 6.45) is 15.4. The van der Waals surface area contributed by atoms with Crippen molar-refractivity contribution in [1.29, 1.82) is 0 Å². The number of aliphatic hydroxyl groups excluding tert-OH is 1. The molecule has 1 aliphatic carbocycles. The number of carbonyl (C=O) groups excluding carboxylic acids is 2. The number of hydrogen-bond acceptors (Lipinski definition) is 16. The lowest BCUT2D eigenvalue weighted by atomic mass is 9.87. The third-order valence-electron chi connectivity index (χ3n) is 16.2. The minimum absolute atomic E-state index is 0.00336. The number of aromatic nitrogens is 7. The number of thiazole rings is 1. The first-order chi connectivity index (χ1) is 37.4. The van der Waals surface area contributed by atoms with Gasteiger partial charge in [-0.1, -0.05) is 44.0 Å². The molecule has 3 aliphatic heterocycles. The summed E-state index contributed by atoms with van der Waals surface area (Å²) in [5, 5.41) is 38.3. The molecule has 5 aromatic heterocycles. The second-order valence-corrected chi connectivity index (χ2v) is 22.2. The van der Waals surface area contributed by atoms with Crippen molar-refractivity contribution in [2.24, 2.45) is 5.92 Å². The highest BCUT2D eigenvalue weighted by Crippen LogP contribution is 2.41. The van der Waals surface area contributed by atoms with Crippen LogP contribution in [0, 0.1) is 25.2 Å². The average Bonchev–Trinajstić information content (AvgIpc) is 4.31. The van der Waals surface area contributed by atoms with Gasteiger partial charge in [0.1, 0.15) is 23.5 Å². The number of rotatable bonds is 15. The lowest BCUT2D eigenvalue weighted by Crippen LogP contribution is -2.48. The van der Waals surface area contributed by atoms with Crippen molar-refractivity contribution >= 4 is 40.1 Å². The van der Waals surface area contributed by atoms with E-state index >= 15 is 0 Å². The molecule has 400 valence electrons. The van der Waals surface area contributed by atoms with Crippen molar-refractivity contribution in [3.63, 3.8) is 0 Å². The number of aromatic amines is 1. The third kappa shape index (κ3) is 10.7. The zero-order chi connectivity index (χ0) is 53.3. The Bertz CT molecular complexity index is 3280. The number of amides is 2. The fourth-order valence-corrected chi connectivity index (χ4v) is 12.9. The van der Waals surface area contributed by atoms with Gasteiger partial charge in [0.25, 0.3) is 5.88 Å². The molecule has 4 aliphatic rings. The zero-order valence-electron chi connectivity index (χ0n) is 43.9. The Labute approximate surface area is 451 Å². The highest BCUT2D eigenvalue weighted by atomic mass is 32.1. The van der Waals surface area contributed by atoms with E-state index in [1.165, 1.54) is 10.5 Å². The number of terminal acetylenes is 1. The summed E-state index contributed by atoms with van der Waals surface area (Å²) in [6, 6.07) is 16.5. The summed E-state index contributed by atoms with van der Waals surface area (Å²) >= 11 is 1.58. The molecule has 2 aromatic carbocycles. The van der Waals surface area contributed by atoms with Crippen LogP contribution in [-0.4, -0.2) is 124 Å². The van der Waals surface area contributed by atoms with Crippen LogP contribution in [-0.2, 0) is 22.6 Å². The molecule has 19 heteroatoms. The van der Waals surface area contributed by atoms with Crippen LogP contribution in [0.25, 0.3) is 32.7 Å². The van der Waals surface area contributed by atoms with Gasteiger partial charge in [-0.25, -0.2) is 15.0 Å². The molecule has 8 heterocycles. The SMILES string of the molecule is C#CCOc1cc(C(C(=O)N2C[C@H](O)C[C@H]2C(=O)NCc2ccc(-c3scnc3C)cc2OC2CCC(N3CCC(c4cnc(N5CCc6[nH]c7nnc(-c8ccccc8O)cc7c6[C@@H]5C)nc4)CC3)CC2)C(C)C)on1. The summed E-state index contributed by atoms with van der Waals surface area (Å²) in [4.78, 5) is 53.6. The molecule has 3 fully saturated rings. The number of phenolic OH excluding ortho intramolecular Hbond substituents is 1. The summed E-state index contributed by atoms with van der Waals surface area (Å²) in [5.41, 5.74) is 10.1. The molecule has 11 rings (SSSR count). The Morgan fingerprint density at radius 1 is 1.00 bits per heavy atom. The number of fused-ring (bicyclic) bond motifs is 3. The first kappa shape index (κ1) is 51.7. The zero-order valence-corrected chi connectivity index (χ0v) is 44.7. The van der Waals surface area contributed by atoms with E-state index in [9.17, 15) is 19.8 Å². The van der Waals surface area contributed by atoms with Crippen LogP contribution in [0.4, 0.5) is 5.95 Å². The molecule has 1 saturated carbocycles. The maximum absolute atomic E-state index is 14.2. The summed E-state index contributed by atoms with van der Waals surface area (Å²) in [6.45, 7) is 11.0. The van der Waals surface area contributed by atoms with Crippen LogP contribution < -0.4 is 19.7 Å². The summed E-state index contributed by atoms with van der Waals surface area (Å²) < 4.78 is 17.8. The predicted molar refractivity (Wildman–Crippen MR) is 291 cm³/mol. The van der Waals surface area contributed by atoms with Crippen LogP contribution in [0.15, 0.2) is 77.0 Å². The van der Waals surface area contributed by atoms with Gasteiger partial charge in [0.15, 0.2) is 18.0 Å². The van der Waals surface area contributed by atoms with Gasteiger partial charge in [-0.2, -0.15) is 0 Å². The van der Waals surface area contributed by atoms with Crippen molar-refractivity contribution < 1.29 is 33.8 Å². The molecule has 4 atom stereocenters. The normalized spacial score (nSPS) is 21.5. The van der Waals surface area contributed by atoms with Crippen molar-refractivity contribution in [2.45, 2.75) is 128 Å². The summed E-state index contributed by atoms with van der Waals surface area (Å²) in [7, 11) is 0. The number of carbonyl (C=O) groups is 2. The molecule has 7 aromatic rings. The fourth-order valence-electron chi connectivity index (χ4n) is 12.1. The number of nitrogens with one attached hydrogen (secondary N) is 2. The first-order valence-electron chi connectivity index (χ1n) is 26.9. The number of likely N-dealkylation sites (tertiary alicyclic amines) is 2. The van der Waals surface area contributed by atoms with Gasteiger partial charge in [0, 0.05) is 84.7 Å². The third-order valence-corrected chi connectivity index (χ3v) is 17.1. The summed E-state index contributed by atoms with van der Waals surface area (Å²) in [5.74, 6) is 3.22. The second kappa shape index (κ2) is 22.3. The molecular formula is C58H65N11O7S. The Balaban J connectivity index is 0.697. The number of H-pyrrole nitrogens is 1. The lowest BCUT2D eigenvalue weighted by Gasteiger charge is -2.41. The van der Waals surface area contributed by atoms with Crippen molar-refractivity contribution in [3.8, 4) is 51.4 Å². The number of ether oxygens (including phenoxy) is 2. The molecule has 0 bridgehead atoms. The average molecular weight is 1060 g/mol. The molecule has 0 radical (unpaired) electrons. The standard InChI is InChI=1S/C58H65N11O7S/c1-6-23-74-51-27-50(76-66-51)52(33(2)3)57(73)69-31-41(70)25-47(69)56(72)59-28-38-12-11-37(54-34(4)62-32-77-54)24-49(38)75-42-15-13-40(14-16-42)67-20-17-36(18-21-67)39-29-60-58(61-30-39)68-22-19-45-53(35(68)5)44-26-46(64-65-55(44)63-45)43-9-7-8-10-48(43)71/h1,7-12,24,26-27,29-30,32-33,35-36,40-42,47,52,70-71H,13-23,25,28,31H2,2-5H3,(H,59,72)(H,63,65)/t35-,40?,41+,42?,47-,52?/m0/s1. The van der Waals surface area contributed by atoms with Crippen LogP contribution in [0.3, 0.4) is 0 Å². The fraction of sp³-hybridized carbons (Fsp3) is 0.448.